The maximum atomic E-state index is 12.9. The van der Waals surface area contributed by atoms with Gasteiger partial charge in [0.15, 0.2) is 0 Å². The van der Waals surface area contributed by atoms with Gasteiger partial charge in [-0.25, -0.2) is 9.97 Å². The third kappa shape index (κ3) is 5.67. The van der Waals surface area contributed by atoms with Gasteiger partial charge in [0, 0.05) is 24.6 Å². The summed E-state index contributed by atoms with van der Waals surface area (Å²) in [6, 6.07) is 14.0. The molecule has 10 heteroatoms. The van der Waals surface area contributed by atoms with Crippen molar-refractivity contribution in [1.29, 1.82) is 0 Å². The lowest BCUT2D eigenvalue weighted by Gasteiger charge is -2.25. The van der Waals surface area contributed by atoms with E-state index in [-0.39, 0.29) is 16.9 Å². The number of nitrogens with one attached hydrogen (secondary N) is 1. The number of halogens is 4. The van der Waals surface area contributed by atoms with Gasteiger partial charge in [0.25, 0.3) is 0 Å². The number of benzene rings is 2. The number of ether oxygens (including phenoxy) is 1. The van der Waals surface area contributed by atoms with E-state index in [4.69, 9.17) is 11.6 Å². The van der Waals surface area contributed by atoms with Crippen molar-refractivity contribution in [2.75, 3.05) is 17.3 Å². The van der Waals surface area contributed by atoms with Crippen molar-refractivity contribution in [2.24, 2.45) is 0 Å². The molecule has 32 heavy (non-hydrogen) atoms. The van der Waals surface area contributed by atoms with Crippen molar-refractivity contribution >= 4 is 34.7 Å². The molecule has 1 amide bonds. The molecule has 0 bridgehead atoms. The number of hydrogen-bond donors (Lipinski definition) is 1. The van der Waals surface area contributed by atoms with Gasteiger partial charge in [-0.3, -0.25) is 4.79 Å². The van der Waals surface area contributed by atoms with Crippen LogP contribution in [0.2, 0.25) is 5.28 Å². The lowest BCUT2D eigenvalue weighted by molar-refractivity contribution is -0.274. The molecule has 1 heterocycles. The van der Waals surface area contributed by atoms with Crippen LogP contribution in [-0.2, 0) is 10.2 Å². The molecule has 0 spiro atoms. The van der Waals surface area contributed by atoms with E-state index in [1.807, 2.05) is 24.1 Å². The lowest BCUT2D eigenvalue weighted by Crippen LogP contribution is -2.34. The summed E-state index contributed by atoms with van der Waals surface area (Å²) in [6.45, 7) is 3.37. The zero-order chi connectivity index (χ0) is 23.5. The number of carbonyl (C=O) groups is 1. The quantitative estimate of drug-likeness (QED) is 0.473. The Morgan fingerprint density at radius 2 is 1.66 bits per heavy atom. The monoisotopic (exact) mass is 464 g/mol. The Hall–Kier alpha value is -3.33. The van der Waals surface area contributed by atoms with E-state index >= 15 is 0 Å². The number of amides is 1. The second kappa shape index (κ2) is 9.04. The maximum absolute atomic E-state index is 12.9. The summed E-state index contributed by atoms with van der Waals surface area (Å²) < 4.78 is 40.9. The van der Waals surface area contributed by atoms with Crippen molar-refractivity contribution in [3.63, 3.8) is 0 Å². The number of anilines is 3. The highest BCUT2D eigenvalue weighted by Gasteiger charge is 2.32. The average molecular weight is 465 g/mol. The molecule has 0 saturated heterocycles. The highest BCUT2D eigenvalue weighted by atomic mass is 35.5. The molecule has 0 saturated carbocycles. The largest absolute Gasteiger partial charge is 0.573 e. The topological polar surface area (TPSA) is 67.4 Å². The fourth-order valence-corrected chi connectivity index (χ4v) is 3.05. The van der Waals surface area contributed by atoms with Crippen LogP contribution in [-0.4, -0.2) is 29.3 Å². The molecular formula is C22H20ClF3N4O2. The van der Waals surface area contributed by atoms with Gasteiger partial charge in [-0.15, -0.1) is 13.2 Å². The Balaban J connectivity index is 1.69. The summed E-state index contributed by atoms with van der Waals surface area (Å²) >= 11 is 5.84. The van der Waals surface area contributed by atoms with Crippen molar-refractivity contribution in [2.45, 2.75) is 25.6 Å². The molecule has 0 atom stereocenters. The molecule has 3 aromatic rings. The Morgan fingerprint density at radius 3 is 2.22 bits per heavy atom. The highest BCUT2D eigenvalue weighted by Crippen LogP contribution is 2.30. The predicted octanol–water partition coefficient (Wildman–Crippen LogP) is 5.71. The minimum absolute atomic E-state index is 0.137. The second-order valence-electron chi connectivity index (χ2n) is 7.44. The van der Waals surface area contributed by atoms with Crippen molar-refractivity contribution in [3.05, 3.63) is 71.6 Å². The molecule has 0 aliphatic carbocycles. The van der Waals surface area contributed by atoms with E-state index in [0.717, 1.165) is 5.69 Å². The summed E-state index contributed by atoms with van der Waals surface area (Å²) in [5.41, 5.74) is 0.931. The fraction of sp³-hybridized carbons (Fsp3) is 0.227. The van der Waals surface area contributed by atoms with Gasteiger partial charge in [-0.2, -0.15) is 0 Å². The second-order valence-corrected chi connectivity index (χ2v) is 7.78. The fourth-order valence-electron chi connectivity index (χ4n) is 2.91. The smallest absolute Gasteiger partial charge is 0.406 e. The summed E-state index contributed by atoms with van der Waals surface area (Å²) in [6.07, 6.45) is -3.21. The third-order valence-electron chi connectivity index (χ3n) is 4.84. The van der Waals surface area contributed by atoms with E-state index in [2.05, 4.69) is 20.0 Å². The first-order chi connectivity index (χ1) is 15.0. The minimum Gasteiger partial charge on any atom is -0.406 e. The van der Waals surface area contributed by atoms with Crippen LogP contribution in [0.25, 0.3) is 0 Å². The predicted molar refractivity (Wildman–Crippen MR) is 116 cm³/mol. The standard InChI is InChI=1S/C22H20ClF3N4O2/c1-21(2,14-4-10-17(11-5-14)32-22(24,25)26)19(31)28-15-6-8-16(9-7-15)30(3)18-12-13-27-20(23)29-18/h4-13H,1-3H3,(H,28,31). The van der Waals surface area contributed by atoms with Crippen LogP contribution in [0.15, 0.2) is 60.8 Å². The molecule has 0 unspecified atom stereocenters. The number of carbonyl (C=O) groups excluding carboxylic acids is 1. The van der Waals surface area contributed by atoms with Crippen LogP contribution in [0.5, 0.6) is 5.75 Å². The van der Waals surface area contributed by atoms with Gasteiger partial charge in [-0.05, 0) is 73.5 Å². The van der Waals surface area contributed by atoms with Gasteiger partial charge in [0.05, 0.1) is 5.41 Å². The van der Waals surface area contributed by atoms with E-state index in [0.29, 0.717) is 17.1 Å². The molecule has 1 N–H and O–H groups in total. The Labute approximate surface area is 188 Å². The van der Waals surface area contributed by atoms with Crippen molar-refractivity contribution in [3.8, 4) is 5.75 Å². The zero-order valence-corrected chi connectivity index (χ0v) is 18.2. The van der Waals surface area contributed by atoms with E-state index in [9.17, 15) is 18.0 Å². The first kappa shape index (κ1) is 23.3. The number of aromatic nitrogens is 2. The van der Waals surface area contributed by atoms with Crippen LogP contribution >= 0.6 is 11.6 Å². The van der Waals surface area contributed by atoms with E-state index in [1.54, 1.807) is 38.2 Å². The SMILES string of the molecule is CN(c1ccc(NC(=O)C(C)(C)c2ccc(OC(F)(F)F)cc2)cc1)c1ccnc(Cl)n1. The normalized spacial score (nSPS) is 11.7. The highest BCUT2D eigenvalue weighted by molar-refractivity contribution is 6.28. The Kier molecular flexibility index (Phi) is 6.59. The number of hydrogen-bond acceptors (Lipinski definition) is 5. The number of alkyl halides is 3. The van der Waals surface area contributed by atoms with Crippen LogP contribution in [0.3, 0.4) is 0 Å². The Bertz CT molecular complexity index is 1090. The molecule has 2 aromatic carbocycles. The summed E-state index contributed by atoms with van der Waals surface area (Å²) in [5, 5.41) is 2.97. The van der Waals surface area contributed by atoms with Gasteiger partial charge < -0.3 is 15.0 Å². The molecule has 0 radical (unpaired) electrons. The van der Waals surface area contributed by atoms with Crippen molar-refractivity contribution < 1.29 is 22.7 Å². The molecule has 0 fully saturated rings. The molecule has 0 aliphatic rings. The van der Waals surface area contributed by atoms with Gasteiger partial charge in [0.1, 0.15) is 11.6 Å². The number of rotatable bonds is 6. The van der Waals surface area contributed by atoms with Crippen LogP contribution in [0.1, 0.15) is 19.4 Å². The van der Waals surface area contributed by atoms with E-state index in [1.165, 1.54) is 24.3 Å². The Morgan fingerprint density at radius 1 is 1.03 bits per heavy atom. The van der Waals surface area contributed by atoms with Crippen molar-refractivity contribution in [1.82, 2.24) is 9.97 Å². The first-order valence-corrected chi connectivity index (χ1v) is 9.83. The lowest BCUT2D eigenvalue weighted by atomic mass is 9.83. The minimum atomic E-state index is -4.77. The number of nitrogens with zero attached hydrogens (tertiary/aromatic N) is 3. The molecule has 0 aliphatic heterocycles. The molecule has 1 aromatic heterocycles. The summed E-state index contributed by atoms with van der Waals surface area (Å²) in [5.74, 6) is -0.0475. The zero-order valence-electron chi connectivity index (χ0n) is 17.4. The van der Waals surface area contributed by atoms with Crippen LogP contribution in [0, 0.1) is 0 Å². The average Bonchev–Trinajstić information content (AvgIpc) is 2.73. The van der Waals surface area contributed by atoms with Crippen LogP contribution < -0.4 is 15.0 Å². The molecule has 168 valence electrons. The summed E-state index contributed by atoms with van der Waals surface area (Å²) in [4.78, 5) is 22.7. The maximum Gasteiger partial charge on any atom is 0.573 e. The summed E-state index contributed by atoms with van der Waals surface area (Å²) in [7, 11) is 1.82. The molecule has 6 nitrogen and oxygen atoms in total. The van der Waals surface area contributed by atoms with Gasteiger partial charge >= 0.3 is 6.36 Å². The van der Waals surface area contributed by atoms with Crippen LogP contribution in [0.4, 0.5) is 30.4 Å². The molecule has 3 rings (SSSR count). The first-order valence-electron chi connectivity index (χ1n) is 9.46. The van der Waals surface area contributed by atoms with Gasteiger partial charge in [-0.1, -0.05) is 12.1 Å². The molecular weight excluding hydrogens is 445 g/mol. The van der Waals surface area contributed by atoms with Gasteiger partial charge in [0.2, 0.25) is 11.2 Å². The van der Waals surface area contributed by atoms with E-state index < -0.39 is 11.8 Å². The third-order valence-corrected chi connectivity index (χ3v) is 5.03.